The van der Waals surface area contributed by atoms with Crippen LogP contribution >= 0.6 is 0 Å². The third-order valence-corrected chi connectivity index (χ3v) is 1.44. The maximum Gasteiger partial charge on any atom is 0.397 e. The van der Waals surface area contributed by atoms with Crippen molar-refractivity contribution in [1.82, 2.24) is 0 Å². The predicted molar refractivity (Wildman–Crippen MR) is 53.7 cm³/mol. The van der Waals surface area contributed by atoms with Gasteiger partial charge in [-0.1, -0.05) is 0 Å². The smallest absolute Gasteiger partial charge is 0.397 e. The molecule has 11 heteroatoms. The van der Waals surface area contributed by atoms with Crippen molar-refractivity contribution in [3.63, 3.8) is 0 Å². The van der Waals surface area contributed by atoms with Crippen LogP contribution in [0, 0.1) is 10.1 Å². The van der Waals surface area contributed by atoms with Gasteiger partial charge in [-0.15, -0.1) is 0 Å². The molecule has 0 atom stereocenters. The Balaban J connectivity index is 0.000000494. The fraction of sp³-hybridized carbons (Fsp3) is 0. The Kier molecular flexibility index (Phi) is 5.84. The van der Waals surface area contributed by atoms with Gasteiger partial charge in [0.1, 0.15) is 0 Å². The highest BCUT2D eigenvalue weighted by molar-refractivity contribution is 7.79. The summed E-state index contributed by atoms with van der Waals surface area (Å²) >= 11 is 0. The van der Waals surface area contributed by atoms with Crippen LogP contribution in [0.3, 0.4) is 0 Å². The molecule has 0 saturated heterocycles. The van der Waals surface area contributed by atoms with Crippen molar-refractivity contribution >= 4 is 22.1 Å². The van der Waals surface area contributed by atoms with Crippen LogP contribution in [0.2, 0.25) is 0 Å². The molecular weight excluding hydrogens is 272 g/mol. The van der Waals surface area contributed by atoms with Gasteiger partial charge in [-0.2, -0.15) is 5.90 Å². The van der Waals surface area contributed by atoms with Crippen LogP contribution in [-0.2, 0) is 15.2 Å². The van der Waals surface area contributed by atoms with E-state index in [0.29, 0.717) is 0 Å². The highest BCUT2D eigenvalue weighted by atomic mass is 32.3. The van der Waals surface area contributed by atoms with Crippen LogP contribution in [-0.4, -0.2) is 28.4 Å². The summed E-state index contributed by atoms with van der Waals surface area (Å²) in [6, 6.07) is 5.08. The second-order valence-corrected chi connectivity index (χ2v) is 3.52. The average molecular weight is 280 g/mol. The molecular formula is C7H8N2O8S. The van der Waals surface area contributed by atoms with E-state index in [1.165, 1.54) is 24.3 Å². The van der Waals surface area contributed by atoms with E-state index >= 15 is 0 Å². The molecule has 0 heterocycles. The standard InChI is InChI=1S/C7H7N2O4.H2O4S/c8-13-7(10)5-1-3-6(4-2-5)9(11)12;1-5(2,3)4/h1-4H,8H3;(H2,1,2,3,4)/q+1;/p-1. The highest BCUT2D eigenvalue weighted by Gasteiger charge is 2.10. The molecule has 0 aliphatic carbocycles. The monoisotopic (exact) mass is 280 g/mol. The molecule has 0 bridgehead atoms. The largest absolute Gasteiger partial charge is 0.726 e. The van der Waals surface area contributed by atoms with Crippen molar-refractivity contribution in [3.8, 4) is 0 Å². The lowest BCUT2D eigenvalue weighted by Crippen LogP contribution is -2.51. The zero-order valence-electron chi connectivity index (χ0n) is 8.68. The molecule has 0 aliphatic heterocycles. The van der Waals surface area contributed by atoms with Crippen LogP contribution in [0.5, 0.6) is 0 Å². The molecule has 0 radical (unpaired) electrons. The Hall–Kier alpha value is -2.08. The first-order valence-corrected chi connectivity index (χ1v) is 5.40. The van der Waals surface area contributed by atoms with Crippen LogP contribution < -0.4 is 5.90 Å². The number of non-ortho nitro benzene ring substituents is 1. The van der Waals surface area contributed by atoms with Crippen molar-refractivity contribution in [2.24, 2.45) is 0 Å². The van der Waals surface area contributed by atoms with Crippen molar-refractivity contribution in [1.29, 1.82) is 0 Å². The van der Waals surface area contributed by atoms with Crippen LogP contribution in [0.4, 0.5) is 5.69 Å². The van der Waals surface area contributed by atoms with E-state index in [2.05, 4.69) is 10.7 Å². The number of nitro benzene ring substituents is 1. The van der Waals surface area contributed by atoms with Gasteiger partial charge in [0.05, 0.1) is 10.5 Å². The number of hydrogen-bond acceptors (Lipinski definition) is 7. The number of carbonyl (C=O) groups is 1. The second kappa shape index (κ2) is 6.61. The lowest BCUT2D eigenvalue weighted by molar-refractivity contribution is -0.653. The van der Waals surface area contributed by atoms with Crippen LogP contribution in [0.25, 0.3) is 0 Å². The molecule has 1 aromatic rings. The zero-order valence-corrected chi connectivity index (χ0v) is 9.49. The van der Waals surface area contributed by atoms with Crippen LogP contribution in [0.1, 0.15) is 10.4 Å². The number of hydrogen-bond donors (Lipinski definition) is 2. The zero-order chi connectivity index (χ0) is 14.3. The summed E-state index contributed by atoms with van der Waals surface area (Å²) in [6.45, 7) is 0. The first-order valence-electron chi connectivity index (χ1n) is 4.04. The van der Waals surface area contributed by atoms with E-state index in [1.54, 1.807) is 0 Å². The normalized spacial score (nSPS) is 9.94. The van der Waals surface area contributed by atoms with Gasteiger partial charge in [0.2, 0.25) is 10.4 Å². The number of quaternary nitrogens is 1. The average Bonchev–Trinajstić information content (AvgIpc) is 2.26. The maximum absolute atomic E-state index is 10.8. The minimum atomic E-state index is -4.92. The van der Waals surface area contributed by atoms with Crippen molar-refractivity contribution in [2.75, 3.05) is 0 Å². The molecule has 0 spiro atoms. The highest BCUT2D eigenvalue weighted by Crippen LogP contribution is 2.11. The van der Waals surface area contributed by atoms with Gasteiger partial charge in [0.15, 0.2) is 0 Å². The molecule has 10 nitrogen and oxygen atoms in total. The molecule has 1 aromatic carbocycles. The molecule has 100 valence electrons. The van der Waals surface area contributed by atoms with Gasteiger partial charge < -0.3 is 4.55 Å². The Bertz CT molecular complexity index is 515. The summed E-state index contributed by atoms with van der Waals surface area (Å²) in [6.07, 6.45) is 0. The fourth-order valence-corrected chi connectivity index (χ4v) is 0.803. The number of nitrogens with zero attached hydrogens (tertiary/aromatic N) is 1. The summed E-state index contributed by atoms with van der Waals surface area (Å²) in [4.78, 5) is 24.7. The maximum atomic E-state index is 10.8. The first kappa shape index (κ1) is 15.9. The lowest BCUT2D eigenvalue weighted by Gasteiger charge is -1.94. The number of benzene rings is 1. The van der Waals surface area contributed by atoms with Crippen molar-refractivity contribution in [3.05, 3.63) is 39.9 Å². The SMILES string of the molecule is O=S(=O)([O-])O.[NH3+]OC(=O)c1ccc([N+](=O)[O-])cc1. The van der Waals surface area contributed by atoms with Gasteiger partial charge in [0.25, 0.3) is 5.69 Å². The van der Waals surface area contributed by atoms with Gasteiger partial charge >= 0.3 is 5.97 Å². The molecule has 0 amide bonds. The van der Waals surface area contributed by atoms with E-state index in [0.717, 1.165) is 0 Å². The number of nitro groups is 1. The molecule has 0 fully saturated rings. The van der Waals surface area contributed by atoms with E-state index < -0.39 is 21.3 Å². The second-order valence-electron chi connectivity index (χ2n) is 2.66. The lowest BCUT2D eigenvalue weighted by atomic mass is 10.2. The van der Waals surface area contributed by atoms with E-state index in [-0.39, 0.29) is 11.3 Å². The quantitative estimate of drug-likeness (QED) is 0.297. The number of rotatable bonds is 2. The Labute approximate surface area is 101 Å². The Morgan fingerprint density at radius 2 is 1.72 bits per heavy atom. The molecule has 4 N–H and O–H groups in total. The molecule has 0 unspecified atom stereocenters. The Morgan fingerprint density at radius 3 is 2.00 bits per heavy atom. The third-order valence-electron chi connectivity index (χ3n) is 1.44. The fourth-order valence-electron chi connectivity index (χ4n) is 0.803. The molecule has 0 aliphatic rings. The first-order chi connectivity index (χ1) is 8.15. The van der Waals surface area contributed by atoms with E-state index in [4.69, 9.17) is 17.5 Å². The molecule has 18 heavy (non-hydrogen) atoms. The van der Waals surface area contributed by atoms with Crippen molar-refractivity contribution < 1.29 is 38.0 Å². The summed E-state index contributed by atoms with van der Waals surface area (Å²) in [5, 5.41) is 10.2. The number of carbonyl (C=O) groups excluding carboxylic acids is 1. The molecule has 1 rings (SSSR count). The minimum absolute atomic E-state index is 0.0689. The topological polar surface area (TPSA) is 175 Å². The summed E-state index contributed by atoms with van der Waals surface area (Å²) in [5.74, 6) is 2.32. The van der Waals surface area contributed by atoms with Gasteiger partial charge in [-0.25, -0.2) is 13.2 Å². The van der Waals surface area contributed by atoms with Gasteiger partial charge in [-0.05, 0) is 12.1 Å². The van der Waals surface area contributed by atoms with E-state index in [9.17, 15) is 14.9 Å². The van der Waals surface area contributed by atoms with Gasteiger partial charge in [0, 0.05) is 12.1 Å². The molecule has 0 aromatic heterocycles. The summed E-state index contributed by atoms with van der Waals surface area (Å²) < 4.78 is 32.8. The van der Waals surface area contributed by atoms with Gasteiger partial charge in [-0.3, -0.25) is 19.5 Å². The Morgan fingerprint density at radius 1 is 1.33 bits per heavy atom. The summed E-state index contributed by atoms with van der Waals surface area (Å²) in [5.41, 5.74) is 0.168. The van der Waals surface area contributed by atoms with Crippen LogP contribution in [0.15, 0.2) is 24.3 Å². The minimum Gasteiger partial charge on any atom is -0.726 e. The summed E-state index contributed by atoms with van der Waals surface area (Å²) in [7, 11) is -4.92. The third kappa shape index (κ3) is 7.24. The molecule has 0 saturated carbocycles. The van der Waals surface area contributed by atoms with Crippen molar-refractivity contribution in [2.45, 2.75) is 0 Å². The predicted octanol–water partition coefficient (Wildman–Crippen LogP) is -1.09. The van der Waals surface area contributed by atoms with E-state index in [1.807, 2.05) is 0 Å².